The van der Waals surface area contributed by atoms with Crippen LogP contribution >= 0.6 is 0 Å². The summed E-state index contributed by atoms with van der Waals surface area (Å²) in [7, 11) is 1.66. The van der Waals surface area contributed by atoms with Gasteiger partial charge in [-0.15, -0.1) is 0 Å². The van der Waals surface area contributed by atoms with Crippen LogP contribution in [0.5, 0.6) is 5.75 Å². The number of benzene rings is 3. The molecule has 0 spiro atoms. The smallest absolute Gasteiger partial charge is 0.226 e. The molecular weight excluding hydrogens is 386 g/mol. The molecular formula is C26H23N3O2. The van der Waals surface area contributed by atoms with E-state index >= 15 is 0 Å². The Labute approximate surface area is 181 Å². The van der Waals surface area contributed by atoms with Crippen LogP contribution in [0.1, 0.15) is 29.0 Å². The molecule has 154 valence electrons. The number of hydrogen-bond donors (Lipinski definition) is 1. The third-order valence-electron chi connectivity index (χ3n) is 5.74. The van der Waals surface area contributed by atoms with E-state index in [0.717, 1.165) is 39.6 Å². The average Bonchev–Trinajstić information content (AvgIpc) is 3.19. The van der Waals surface area contributed by atoms with Gasteiger partial charge in [0.2, 0.25) is 5.91 Å². The van der Waals surface area contributed by atoms with Crippen LogP contribution in [-0.2, 0) is 4.79 Å². The molecule has 0 unspecified atom stereocenters. The summed E-state index contributed by atoms with van der Waals surface area (Å²) in [4.78, 5) is 12.8. The number of anilines is 1. The quantitative estimate of drug-likeness (QED) is 0.496. The van der Waals surface area contributed by atoms with Crippen molar-refractivity contribution >= 4 is 11.7 Å². The van der Waals surface area contributed by atoms with Crippen molar-refractivity contribution in [2.45, 2.75) is 19.3 Å². The molecule has 0 bridgehead atoms. The first-order chi connectivity index (χ1) is 15.1. The molecule has 1 aliphatic rings. The molecule has 3 aromatic carbocycles. The number of carbonyl (C=O) groups excluding carboxylic acids is 1. The predicted octanol–water partition coefficient (Wildman–Crippen LogP) is 5.33. The fraction of sp³-hybridized carbons (Fsp3) is 0.154. The maximum atomic E-state index is 12.8. The monoisotopic (exact) mass is 409 g/mol. The van der Waals surface area contributed by atoms with Gasteiger partial charge in [-0.25, -0.2) is 4.68 Å². The number of amides is 1. The van der Waals surface area contributed by atoms with E-state index in [0.29, 0.717) is 6.42 Å². The second-order valence-electron chi connectivity index (χ2n) is 7.81. The number of methoxy groups -OCH3 is 1. The Morgan fingerprint density at radius 3 is 2.52 bits per heavy atom. The van der Waals surface area contributed by atoms with Gasteiger partial charge in [0.25, 0.3) is 0 Å². The number of aromatic nitrogens is 2. The topological polar surface area (TPSA) is 56.1 Å². The average molecular weight is 409 g/mol. The van der Waals surface area contributed by atoms with Crippen molar-refractivity contribution in [3.05, 3.63) is 95.6 Å². The van der Waals surface area contributed by atoms with Crippen LogP contribution in [0.25, 0.3) is 16.9 Å². The summed E-state index contributed by atoms with van der Waals surface area (Å²) in [6, 6.07) is 26.2. The van der Waals surface area contributed by atoms with Crippen LogP contribution in [0.4, 0.5) is 5.82 Å². The lowest BCUT2D eigenvalue weighted by Gasteiger charge is -2.25. The van der Waals surface area contributed by atoms with Crippen molar-refractivity contribution in [1.82, 2.24) is 9.78 Å². The summed E-state index contributed by atoms with van der Waals surface area (Å²) >= 11 is 0. The van der Waals surface area contributed by atoms with Crippen LogP contribution in [0.2, 0.25) is 0 Å². The van der Waals surface area contributed by atoms with Gasteiger partial charge in [-0.1, -0.05) is 60.2 Å². The highest BCUT2D eigenvalue weighted by molar-refractivity contribution is 5.96. The van der Waals surface area contributed by atoms with E-state index in [4.69, 9.17) is 9.84 Å². The first kappa shape index (κ1) is 19.1. The SMILES string of the molecule is COc1cccc([C@H]2CC(=O)Nc3c2c(-c2ccccc2)nn3-c2ccc(C)cc2)c1. The molecule has 31 heavy (non-hydrogen) atoms. The molecule has 1 aromatic heterocycles. The molecule has 2 heterocycles. The Morgan fingerprint density at radius 1 is 1.00 bits per heavy atom. The third kappa shape index (κ3) is 3.48. The summed E-state index contributed by atoms with van der Waals surface area (Å²) in [5.74, 6) is 1.37. The van der Waals surface area contributed by atoms with E-state index in [2.05, 4.69) is 36.5 Å². The molecule has 4 aromatic rings. The molecule has 0 saturated carbocycles. The second kappa shape index (κ2) is 7.76. The number of fused-ring (bicyclic) bond motifs is 1. The Kier molecular flexibility index (Phi) is 4.79. The highest BCUT2D eigenvalue weighted by Crippen LogP contribution is 2.44. The zero-order chi connectivity index (χ0) is 21.4. The normalized spacial score (nSPS) is 15.3. The predicted molar refractivity (Wildman–Crippen MR) is 122 cm³/mol. The molecule has 0 saturated heterocycles. The summed E-state index contributed by atoms with van der Waals surface area (Å²) in [5, 5.41) is 8.08. The number of nitrogens with one attached hydrogen (secondary N) is 1. The van der Waals surface area contributed by atoms with Crippen LogP contribution in [0, 0.1) is 6.92 Å². The summed E-state index contributed by atoms with van der Waals surface area (Å²) < 4.78 is 7.29. The molecule has 1 atom stereocenters. The zero-order valence-electron chi connectivity index (χ0n) is 17.5. The minimum absolute atomic E-state index is 0.0202. The van der Waals surface area contributed by atoms with Gasteiger partial charge in [-0.05, 0) is 36.8 Å². The molecule has 5 heteroatoms. The standard InChI is InChI=1S/C26H23N3O2/c1-17-11-13-20(14-12-17)29-26-24(25(28-29)18-7-4-3-5-8-18)22(16-23(30)27-26)19-9-6-10-21(15-19)31-2/h3-15,22H,16H2,1-2H3,(H,27,30)/t22-/m1/s1. The largest absolute Gasteiger partial charge is 0.497 e. The molecule has 0 fully saturated rings. The van der Waals surface area contributed by atoms with Crippen molar-refractivity contribution in [3.63, 3.8) is 0 Å². The Balaban J connectivity index is 1.76. The molecule has 5 rings (SSSR count). The fourth-order valence-corrected chi connectivity index (χ4v) is 4.18. The lowest BCUT2D eigenvalue weighted by molar-refractivity contribution is -0.116. The maximum Gasteiger partial charge on any atom is 0.226 e. The number of ether oxygens (including phenoxy) is 1. The van der Waals surface area contributed by atoms with Crippen LogP contribution in [0.3, 0.4) is 0 Å². The van der Waals surface area contributed by atoms with Crippen LogP contribution in [-0.4, -0.2) is 22.8 Å². The third-order valence-corrected chi connectivity index (χ3v) is 5.74. The van der Waals surface area contributed by atoms with Gasteiger partial charge in [0.1, 0.15) is 11.6 Å². The van der Waals surface area contributed by atoms with E-state index in [-0.39, 0.29) is 11.8 Å². The van der Waals surface area contributed by atoms with E-state index < -0.39 is 0 Å². The molecule has 5 nitrogen and oxygen atoms in total. The summed E-state index contributed by atoms with van der Waals surface area (Å²) in [6.07, 6.45) is 0.361. The van der Waals surface area contributed by atoms with Gasteiger partial charge < -0.3 is 10.1 Å². The highest BCUT2D eigenvalue weighted by atomic mass is 16.5. The van der Waals surface area contributed by atoms with Crippen molar-refractivity contribution in [2.75, 3.05) is 12.4 Å². The number of hydrogen-bond acceptors (Lipinski definition) is 3. The fourth-order valence-electron chi connectivity index (χ4n) is 4.18. The van der Waals surface area contributed by atoms with Gasteiger partial charge >= 0.3 is 0 Å². The van der Waals surface area contributed by atoms with Crippen molar-refractivity contribution in [3.8, 4) is 22.7 Å². The van der Waals surface area contributed by atoms with E-state index in [1.54, 1.807) is 7.11 Å². The minimum Gasteiger partial charge on any atom is -0.497 e. The molecule has 0 aliphatic carbocycles. The first-order valence-corrected chi connectivity index (χ1v) is 10.3. The molecule has 1 amide bonds. The number of nitrogens with zero attached hydrogens (tertiary/aromatic N) is 2. The van der Waals surface area contributed by atoms with Gasteiger partial charge in [-0.3, -0.25) is 4.79 Å². The van der Waals surface area contributed by atoms with Crippen molar-refractivity contribution < 1.29 is 9.53 Å². The van der Waals surface area contributed by atoms with E-state index in [9.17, 15) is 4.79 Å². The lowest BCUT2D eigenvalue weighted by atomic mass is 9.84. The molecule has 1 N–H and O–H groups in total. The van der Waals surface area contributed by atoms with E-state index in [1.165, 1.54) is 5.56 Å². The minimum atomic E-state index is -0.117. The van der Waals surface area contributed by atoms with Crippen LogP contribution in [0.15, 0.2) is 78.9 Å². The zero-order valence-corrected chi connectivity index (χ0v) is 17.5. The first-order valence-electron chi connectivity index (χ1n) is 10.3. The number of aryl methyl sites for hydroxylation is 1. The number of carbonyl (C=O) groups is 1. The van der Waals surface area contributed by atoms with Crippen molar-refractivity contribution in [2.24, 2.45) is 0 Å². The lowest BCUT2D eigenvalue weighted by Crippen LogP contribution is -2.24. The van der Waals surface area contributed by atoms with Gasteiger partial charge in [0.15, 0.2) is 0 Å². The number of rotatable bonds is 4. The molecule has 1 aliphatic heterocycles. The van der Waals surface area contributed by atoms with E-state index in [1.807, 2.05) is 59.3 Å². The Morgan fingerprint density at radius 2 is 1.77 bits per heavy atom. The van der Waals surface area contributed by atoms with Crippen molar-refractivity contribution in [1.29, 1.82) is 0 Å². The maximum absolute atomic E-state index is 12.8. The van der Waals surface area contributed by atoms with Gasteiger partial charge in [-0.2, -0.15) is 5.10 Å². The van der Waals surface area contributed by atoms with Gasteiger partial charge in [0, 0.05) is 23.5 Å². The highest BCUT2D eigenvalue weighted by Gasteiger charge is 2.34. The summed E-state index contributed by atoms with van der Waals surface area (Å²) in [6.45, 7) is 2.05. The van der Waals surface area contributed by atoms with Crippen LogP contribution < -0.4 is 10.1 Å². The Hall–Kier alpha value is -3.86. The summed E-state index contributed by atoms with van der Waals surface area (Å²) in [5.41, 5.74) is 6.05. The second-order valence-corrected chi connectivity index (χ2v) is 7.81. The Bertz CT molecular complexity index is 1240. The van der Waals surface area contributed by atoms with Gasteiger partial charge in [0.05, 0.1) is 18.5 Å². The molecule has 0 radical (unpaired) electrons.